The Morgan fingerprint density at radius 3 is 2.83 bits per heavy atom. The summed E-state index contributed by atoms with van der Waals surface area (Å²) < 4.78 is 0. The van der Waals surface area contributed by atoms with Gasteiger partial charge in [-0.05, 0) is 39.3 Å². The molecule has 6 nitrogen and oxygen atoms in total. The highest BCUT2D eigenvalue weighted by atomic mass is 35.5. The van der Waals surface area contributed by atoms with Gasteiger partial charge in [-0.2, -0.15) is 0 Å². The van der Waals surface area contributed by atoms with Crippen LogP contribution in [0, 0.1) is 6.92 Å². The van der Waals surface area contributed by atoms with E-state index in [1.807, 2.05) is 17.9 Å². The summed E-state index contributed by atoms with van der Waals surface area (Å²) in [7, 11) is 0. The minimum absolute atomic E-state index is 0. The Labute approximate surface area is 143 Å². The zero-order valence-corrected chi connectivity index (χ0v) is 14.5. The number of amides is 1. The number of anilines is 1. The molecular weight excluding hydrogens is 314 g/mol. The molecule has 3 rings (SSSR count). The second kappa shape index (κ2) is 8.45. The van der Waals surface area contributed by atoms with Crippen molar-refractivity contribution in [2.24, 2.45) is 0 Å². The second-order valence-electron chi connectivity index (χ2n) is 6.19. The summed E-state index contributed by atoms with van der Waals surface area (Å²) in [5, 5.41) is 6.73. The lowest BCUT2D eigenvalue weighted by Gasteiger charge is -2.22. The molecule has 1 aromatic rings. The van der Waals surface area contributed by atoms with Gasteiger partial charge in [-0.15, -0.1) is 12.4 Å². The van der Waals surface area contributed by atoms with Crippen LogP contribution in [-0.2, 0) is 4.79 Å². The number of carbonyl (C=O) groups excluding carboxylic acids is 1. The fraction of sp³-hybridized carbons (Fsp3) is 0.688. The van der Waals surface area contributed by atoms with Gasteiger partial charge in [-0.25, -0.2) is 9.97 Å². The third-order valence-corrected chi connectivity index (χ3v) is 4.44. The lowest BCUT2D eigenvalue weighted by Crippen LogP contribution is -2.30. The number of hydrogen-bond donors (Lipinski definition) is 2. The standard InChI is InChI=1S/C16H25N5O.ClH/c1-12-11-14(18-8-10-21-9-2-3-15(21)22)20-16(19-12)13-4-6-17-7-5-13;/h11,13,17H,2-10H2,1H3,(H,18,19,20);1H. The van der Waals surface area contributed by atoms with Crippen LogP contribution in [0.5, 0.6) is 0 Å². The molecule has 23 heavy (non-hydrogen) atoms. The smallest absolute Gasteiger partial charge is 0.222 e. The van der Waals surface area contributed by atoms with Crippen molar-refractivity contribution >= 4 is 24.1 Å². The van der Waals surface area contributed by atoms with Gasteiger partial charge in [0.2, 0.25) is 5.91 Å². The number of piperidine rings is 1. The predicted molar refractivity (Wildman–Crippen MR) is 93.2 cm³/mol. The van der Waals surface area contributed by atoms with Crippen molar-refractivity contribution in [1.82, 2.24) is 20.2 Å². The summed E-state index contributed by atoms with van der Waals surface area (Å²) in [6.45, 7) is 6.49. The van der Waals surface area contributed by atoms with Crippen molar-refractivity contribution < 1.29 is 4.79 Å². The molecule has 0 radical (unpaired) electrons. The highest BCUT2D eigenvalue weighted by Crippen LogP contribution is 2.23. The zero-order valence-electron chi connectivity index (χ0n) is 13.7. The molecule has 2 aliphatic heterocycles. The molecule has 1 amide bonds. The van der Waals surface area contributed by atoms with Crippen molar-refractivity contribution in [2.75, 3.05) is 38.0 Å². The third kappa shape index (κ3) is 4.78. The molecule has 0 bridgehead atoms. The average Bonchev–Trinajstić information content (AvgIpc) is 2.93. The quantitative estimate of drug-likeness (QED) is 0.854. The SMILES string of the molecule is Cc1cc(NCCN2CCCC2=O)nc(C2CCNCC2)n1.Cl. The van der Waals surface area contributed by atoms with Gasteiger partial charge in [-0.1, -0.05) is 0 Å². The zero-order chi connectivity index (χ0) is 15.4. The summed E-state index contributed by atoms with van der Waals surface area (Å²) in [6.07, 6.45) is 3.90. The van der Waals surface area contributed by atoms with E-state index in [2.05, 4.69) is 20.6 Å². The Balaban J connectivity index is 0.00000192. The molecule has 2 N–H and O–H groups in total. The predicted octanol–water partition coefficient (Wildman–Crippen LogP) is 1.71. The Morgan fingerprint density at radius 2 is 2.13 bits per heavy atom. The van der Waals surface area contributed by atoms with Gasteiger partial charge in [0.25, 0.3) is 0 Å². The number of likely N-dealkylation sites (tertiary alicyclic amines) is 1. The molecule has 0 atom stereocenters. The van der Waals surface area contributed by atoms with Gasteiger partial charge in [0.05, 0.1) is 0 Å². The largest absolute Gasteiger partial charge is 0.368 e. The van der Waals surface area contributed by atoms with Crippen LogP contribution >= 0.6 is 12.4 Å². The lowest BCUT2D eigenvalue weighted by atomic mass is 9.97. The molecule has 2 aliphatic rings. The van der Waals surface area contributed by atoms with Gasteiger partial charge in [0.15, 0.2) is 0 Å². The van der Waals surface area contributed by atoms with Crippen molar-refractivity contribution in [3.8, 4) is 0 Å². The van der Waals surface area contributed by atoms with Crippen LogP contribution in [0.4, 0.5) is 5.82 Å². The number of rotatable bonds is 5. The first-order valence-electron chi connectivity index (χ1n) is 8.30. The van der Waals surface area contributed by atoms with Crippen LogP contribution in [0.25, 0.3) is 0 Å². The fourth-order valence-corrected chi connectivity index (χ4v) is 3.20. The molecule has 0 spiro atoms. The molecule has 1 aromatic heterocycles. The molecule has 0 unspecified atom stereocenters. The highest BCUT2D eigenvalue weighted by molar-refractivity contribution is 5.85. The molecule has 2 fully saturated rings. The van der Waals surface area contributed by atoms with Gasteiger partial charge in [-0.3, -0.25) is 4.79 Å². The van der Waals surface area contributed by atoms with Crippen LogP contribution in [0.3, 0.4) is 0 Å². The first kappa shape index (κ1) is 17.9. The maximum absolute atomic E-state index is 11.6. The summed E-state index contributed by atoms with van der Waals surface area (Å²) in [5.74, 6) is 2.58. The number of nitrogens with zero attached hydrogens (tertiary/aromatic N) is 3. The number of aryl methyl sites for hydroxylation is 1. The van der Waals surface area contributed by atoms with Crippen LogP contribution in [0.2, 0.25) is 0 Å². The number of nitrogens with one attached hydrogen (secondary N) is 2. The monoisotopic (exact) mass is 339 g/mol. The average molecular weight is 340 g/mol. The minimum atomic E-state index is 0. The molecule has 0 aromatic carbocycles. The van der Waals surface area contributed by atoms with E-state index in [0.29, 0.717) is 12.3 Å². The van der Waals surface area contributed by atoms with Gasteiger partial charge in [0.1, 0.15) is 11.6 Å². The summed E-state index contributed by atoms with van der Waals surface area (Å²) in [5.41, 5.74) is 1.00. The number of halogens is 1. The first-order valence-corrected chi connectivity index (χ1v) is 8.30. The van der Waals surface area contributed by atoms with E-state index in [9.17, 15) is 4.79 Å². The number of aromatic nitrogens is 2. The number of carbonyl (C=O) groups is 1. The van der Waals surface area contributed by atoms with E-state index in [0.717, 1.165) is 69.3 Å². The van der Waals surface area contributed by atoms with Crippen LogP contribution in [-0.4, -0.2) is 53.5 Å². The maximum atomic E-state index is 11.6. The summed E-state index contributed by atoms with van der Waals surface area (Å²) in [4.78, 5) is 22.8. The Morgan fingerprint density at radius 1 is 1.35 bits per heavy atom. The Hall–Kier alpha value is -1.40. The van der Waals surface area contributed by atoms with E-state index >= 15 is 0 Å². The van der Waals surface area contributed by atoms with E-state index < -0.39 is 0 Å². The normalized spacial score (nSPS) is 18.8. The Bertz CT molecular complexity index is 533. The van der Waals surface area contributed by atoms with Crippen molar-refractivity contribution in [2.45, 2.75) is 38.5 Å². The van der Waals surface area contributed by atoms with Crippen LogP contribution in [0.15, 0.2) is 6.07 Å². The van der Waals surface area contributed by atoms with E-state index in [4.69, 9.17) is 0 Å². The third-order valence-electron chi connectivity index (χ3n) is 4.44. The van der Waals surface area contributed by atoms with Gasteiger partial charge >= 0.3 is 0 Å². The van der Waals surface area contributed by atoms with Crippen molar-refractivity contribution in [3.05, 3.63) is 17.6 Å². The molecular formula is C16H26ClN5O. The lowest BCUT2D eigenvalue weighted by molar-refractivity contribution is -0.127. The van der Waals surface area contributed by atoms with Crippen LogP contribution < -0.4 is 10.6 Å². The molecule has 3 heterocycles. The maximum Gasteiger partial charge on any atom is 0.222 e. The number of hydrogen-bond acceptors (Lipinski definition) is 5. The molecule has 0 aliphatic carbocycles. The minimum Gasteiger partial charge on any atom is -0.368 e. The summed E-state index contributed by atoms with van der Waals surface area (Å²) >= 11 is 0. The van der Waals surface area contributed by atoms with E-state index in [1.54, 1.807) is 0 Å². The van der Waals surface area contributed by atoms with E-state index in [1.165, 1.54) is 0 Å². The van der Waals surface area contributed by atoms with Gasteiger partial charge in [0, 0.05) is 43.7 Å². The topological polar surface area (TPSA) is 70.2 Å². The molecule has 0 saturated carbocycles. The summed E-state index contributed by atoms with van der Waals surface area (Å²) in [6, 6.07) is 1.98. The Kier molecular flexibility index (Phi) is 6.59. The molecule has 2 saturated heterocycles. The second-order valence-corrected chi connectivity index (χ2v) is 6.19. The van der Waals surface area contributed by atoms with E-state index in [-0.39, 0.29) is 18.3 Å². The molecule has 7 heteroatoms. The highest BCUT2D eigenvalue weighted by Gasteiger charge is 2.20. The van der Waals surface area contributed by atoms with Crippen molar-refractivity contribution in [3.63, 3.8) is 0 Å². The van der Waals surface area contributed by atoms with Crippen molar-refractivity contribution in [1.29, 1.82) is 0 Å². The van der Waals surface area contributed by atoms with Crippen LogP contribution in [0.1, 0.15) is 43.1 Å². The fourth-order valence-electron chi connectivity index (χ4n) is 3.20. The first-order chi connectivity index (χ1) is 10.7. The molecule has 128 valence electrons. The van der Waals surface area contributed by atoms with Gasteiger partial charge < -0.3 is 15.5 Å².